The lowest BCUT2D eigenvalue weighted by molar-refractivity contribution is -0.120. The molecular formula is C26H21IN2O4S. The highest BCUT2D eigenvalue weighted by atomic mass is 127. The van der Waals surface area contributed by atoms with Gasteiger partial charge in [-0.15, -0.1) is 0 Å². The monoisotopic (exact) mass is 584 g/mol. The molecule has 34 heavy (non-hydrogen) atoms. The predicted molar refractivity (Wildman–Crippen MR) is 142 cm³/mol. The maximum atomic E-state index is 13.5. The molecule has 6 nitrogen and oxygen atoms in total. The number of nitrogens with zero attached hydrogens (tertiary/aromatic N) is 1. The maximum absolute atomic E-state index is 13.5. The average Bonchev–Trinajstić information content (AvgIpc) is 3.06. The van der Waals surface area contributed by atoms with Gasteiger partial charge >= 0.3 is 5.97 Å². The van der Waals surface area contributed by atoms with Crippen LogP contribution in [0.15, 0.2) is 88.3 Å². The largest absolute Gasteiger partial charge is 0.462 e. The SMILES string of the molecule is CCOC(=O)c1ccc(N2C(=O)C(Nc3ccc(I)cc3)=C(Sc3ccc(C)cc3)C2=O)cc1. The van der Waals surface area contributed by atoms with E-state index in [1.807, 2.05) is 55.5 Å². The Kier molecular flexibility index (Phi) is 7.38. The van der Waals surface area contributed by atoms with Crippen LogP contribution in [-0.2, 0) is 14.3 Å². The summed E-state index contributed by atoms with van der Waals surface area (Å²) in [6.07, 6.45) is 0. The van der Waals surface area contributed by atoms with Crippen LogP contribution in [0.5, 0.6) is 0 Å². The highest BCUT2D eigenvalue weighted by molar-refractivity contribution is 14.1. The van der Waals surface area contributed by atoms with Gasteiger partial charge in [0.05, 0.1) is 17.9 Å². The van der Waals surface area contributed by atoms with Crippen molar-refractivity contribution in [3.63, 3.8) is 0 Å². The van der Waals surface area contributed by atoms with E-state index in [2.05, 4.69) is 27.9 Å². The lowest BCUT2D eigenvalue weighted by Crippen LogP contribution is -2.32. The van der Waals surface area contributed by atoms with Gasteiger partial charge in [-0.25, -0.2) is 9.69 Å². The molecule has 1 N–H and O–H groups in total. The normalized spacial score (nSPS) is 13.4. The number of nitrogens with one attached hydrogen (secondary N) is 1. The quantitative estimate of drug-likeness (QED) is 0.216. The van der Waals surface area contributed by atoms with E-state index in [-0.39, 0.29) is 12.3 Å². The van der Waals surface area contributed by atoms with Crippen LogP contribution in [0.3, 0.4) is 0 Å². The van der Waals surface area contributed by atoms with Crippen LogP contribution in [0, 0.1) is 10.5 Å². The Labute approximate surface area is 215 Å². The number of imide groups is 1. The molecule has 3 aromatic rings. The smallest absolute Gasteiger partial charge is 0.338 e. The first-order valence-corrected chi connectivity index (χ1v) is 12.4. The van der Waals surface area contributed by atoms with Crippen molar-refractivity contribution in [2.24, 2.45) is 0 Å². The third-order valence-corrected chi connectivity index (χ3v) is 6.84. The number of carbonyl (C=O) groups is 3. The number of anilines is 2. The lowest BCUT2D eigenvalue weighted by Gasteiger charge is -2.15. The second-order valence-electron chi connectivity index (χ2n) is 7.46. The molecular weight excluding hydrogens is 563 g/mol. The van der Waals surface area contributed by atoms with Crippen LogP contribution in [0.4, 0.5) is 11.4 Å². The molecule has 1 aliphatic rings. The number of ether oxygens (including phenoxy) is 1. The Morgan fingerprint density at radius 2 is 1.59 bits per heavy atom. The molecule has 3 aromatic carbocycles. The lowest BCUT2D eigenvalue weighted by atomic mass is 10.2. The summed E-state index contributed by atoms with van der Waals surface area (Å²) in [5.74, 6) is -1.34. The number of carbonyl (C=O) groups excluding carboxylic acids is 3. The summed E-state index contributed by atoms with van der Waals surface area (Å²) in [5.41, 5.74) is 2.76. The number of hydrogen-bond acceptors (Lipinski definition) is 6. The first-order valence-electron chi connectivity index (χ1n) is 10.5. The van der Waals surface area contributed by atoms with Crippen molar-refractivity contribution in [2.45, 2.75) is 18.7 Å². The fraction of sp³-hybridized carbons (Fsp3) is 0.115. The van der Waals surface area contributed by atoms with Crippen molar-refractivity contribution < 1.29 is 19.1 Å². The van der Waals surface area contributed by atoms with Crippen molar-refractivity contribution in [3.8, 4) is 0 Å². The van der Waals surface area contributed by atoms with Crippen molar-refractivity contribution >= 4 is 63.5 Å². The molecule has 0 spiro atoms. The summed E-state index contributed by atoms with van der Waals surface area (Å²) in [7, 11) is 0. The minimum atomic E-state index is -0.456. The second kappa shape index (κ2) is 10.4. The van der Waals surface area contributed by atoms with Crippen molar-refractivity contribution in [1.29, 1.82) is 0 Å². The molecule has 0 aromatic heterocycles. The summed E-state index contributed by atoms with van der Waals surface area (Å²) in [5, 5.41) is 3.15. The number of amides is 2. The molecule has 0 atom stereocenters. The molecule has 0 aliphatic carbocycles. The van der Waals surface area contributed by atoms with Crippen LogP contribution < -0.4 is 10.2 Å². The summed E-state index contributed by atoms with van der Waals surface area (Å²) < 4.78 is 6.07. The minimum Gasteiger partial charge on any atom is -0.462 e. The van der Waals surface area contributed by atoms with E-state index in [0.29, 0.717) is 21.8 Å². The van der Waals surface area contributed by atoms with Crippen molar-refractivity contribution in [2.75, 3.05) is 16.8 Å². The zero-order chi connectivity index (χ0) is 24.2. The number of hydrogen-bond donors (Lipinski definition) is 1. The van der Waals surface area contributed by atoms with Gasteiger partial charge in [0.25, 0.3) is 11.8 Å². The molecule has 172 valence electrons. The summed E-state index contributed by atoms with van der Waals surface area (Å²) in [6.45, 7) is 3.99. The summed E-state index contributed by atoms with van der Waals surface area (Å²) >= 11 is 3.45. The van der Waals surface area contributed by atoms with Crippen LogP contribution in [0.2, 0.25) is 0 Å². The highest BCUT2D eigenvalue weighted by Gasteiger charge is 2.40. The molecule has 0 saturated carbocycles. The molecule has 1 aliphatic heterocycles. The summed E-state index contributed by atoms with van der Waals surface area (Å²) in [6, 6.07) is 21.6. The Bertz CT molecular complexity index is 1200. The molecule has 0 saturated heterocycles. The van der Waals surface area contributed by atoms with Gasteiger partial charge < -0.3 is 10.1 Å². The van der Waals surface area contributed by atoms with E-state index in [1.165, 1.54) is 11.8 Å². The van der Waals surface area contributed by atoms with Crippen molar-refractivity contribution in [3.05, 3.63) is 98.1 Å². The van der Waals surface area contributed by atoms with E-state index in [9.17, 15) is 14.4 Å². The van der Waals surface area contributed by atoms with Crippen molar-refractivity contribution in [1.82, 2.24) is 0 Å². The van der Waals surface area contributed by atoms with Gasteiger partial charge in [0.2, 0.25) is 0 Å². The molecule has 0 fully saturated rings. The number of thioether (sulfide) groups is 1. The zero-order valence-electron chi connectivity index (χ0n) is 18.5. The first-order chi connectivity index (χ1) is 16.4. The summed E-state index contributed by atoms with van der Waals surface area (Å²) in [4.78, 5) is 41.2. The third-order valence-electron chi connectivity index (χ3n) is 5.03. The van der Waals surface area contributed by atoms with Crippen LogP contribution in [0.25, 0.3) is 0 Å². The van der Waals surface area contributed by atoms with Crippen LogP contribution >= 0.6 is 34.4 Å². The molecule has 0 bridgehead atoms. The van der Waals surface area contributed by atoms with Gasteiger partial charge in [-0.1, -0.05) is 29.5 Å². The van der Waals surface area contributed by atoms with E-state index >= 15 is 0 Å². The standard InChI is InChI=1S/C26H21IN2O4S/c1-3-33-26(32)17-6-12-20(13-7-17)29-24(30)22(28-19-10-8-18(27)9-11-19)23(25(29)31)34-21-14-4-16(2)5-15-21/h4-15,28H,3H2,1-2H3. The van der Waals surface area contributed by atoms with E-state index < -0.39 is 17.8 Å². The number of halogens is 1. The van der Waals surface area contributed by atoms with E-state index in [0.717, 1.165) is 18.9 Å². The van der Waals surface area contributed by atoms with E-state index in [4.69, 9.17) is 4.74 Å². The Hall–Kier alpha value is -3.11. The fourth-order valence-electron chi connectivity index (χ4n) is 3.31. The Morgan fingerprint density at radius 1 is 0.941 bits per heavy atom. The molecule has 1 heterocycles. The number of benzene rings is 3. The zero-order valence-corrected chi connectivity index (χ0v) is 21.5. The van der Waals surface area contributed by atoms with Gasteiger partial charge in [0.1, 0.15) is 10.6 Å². The maximum Gasteiger partial charge on any atom is 0.338 e. The predicted octanol–water partition coefficient (Wildman–Crippen LogP) is 5.77. The molecule has 0 unspecified atom stereocenters. The van der Waals surface area contributed by atoms with Crippen LogP contribution in [-0.4, -0.2) is 24.4 Å². The van der Waals surface area contributed by atoms with Gasteiger partial charge in [0, 0.05) is 14.2 Å². The second-order valence-corrected chi connectivity index (χ2v) is 9.79. The molecule has 2 amide bonds. The van der Waals surface area contributed by atoms with Gasteiger partial charge in [-0.05, 0) is 97.1 Å². The minimum absolute atomic E-state index is 0.214. The molecule has 4 rings (SSSR count). The van der Waals surface area contributed by atoms with Gasteiger partial charge in [0.15, 0.2) is 0 Å². The molecule has 0 radical (unpaired) electrons. The average molecular weight is 584 g/mol. The van der Waals surface area contributed by atoms with Gasteiger partial charge in [-0.2, -0.15) is 0 Å². The number of aryl methyl sites for hydroxylation is 1. The first kappa shape index (κ1) is 24.0. The fourth-order valence-corrected chi connectivity index (χ4v) is 4.60. The molecule has 8 heteroatoms. The van der Waals surface area contributed by atoms with E-state index in [1.54, 1.807) is 31.2 Å². The number of rotatable bonds is 7. The Morgan fingerprint density at radius 3 is 2.21 bits per heavy atom. The van der Waals surface area contributed by atoms with Crippen LogP contribution in [0.1, 0.15) is 22.8 Å². The number of esters is 1. The van der Waals surface area contributed by atoms with Gasteiger partial charge in [-0.3, -0.25) is 9.59 Å². The Balaban J connectivity index is 1.68. The topological polar surface area (TPSA) is 75.7 Å². The highest BCUT2D eigenvalue weighted by Crippen LogP contribution is 2.38. The third kappa shape index (κ3) is 5.18.